The largest absolute Gasteiger partial charge is 0.474 e. The molecule has 0 bridgehead atoms. The second kappa shape index (κ2) is 12.3. The lowest BCUT2D eigenvalue weighted by Crippen LogP contribution is -2.46. The summed E-state index contributed by atoms with van der Waals surface area (Å²) in [5.41, 5.74) is 2.87. The van der Waals surface area contributed by atoms with Gasteiger partial charge in [0.15, 0.2) is 0 Å². The number of amides is 2. The normalized spacial score (nSPS) is 18.6. The number of ether oxygens (including phenoxy) is 3. The van der Waals surface area contributed by atoms with Gasteiger partial charge in [-0.2, -0.15) is 0 Å². The molecule has 1 unspecified atom stereocenters. The topological polar surface area (TPSA) is 90.0 Å². The van der Waals surface area contributed by atoms with E-state index in [-0.39, 0.29) is 48.7 Å². The second-order valence-corrected chi connectivity index (χ2v) is 9.89. The van der Waals surface area contributed by atoms with Crippen LogP contribution in [0.2, 0.25) is 0 Å². The third-order valence-electron chi connectivity index (χ3n) is 6.90. The van der Waals surface area contributed by atoms with E-state index >= 15 is 0 Å². The van der Waals surface area contributed by atoms with Crippen LogP contribution in [0.25, 0.3) is 0 Å². The van der Waals surface area contributed by atoms with Crippen molar-refractivity contribution in [1.82, 2.24) is 10.3 Å². The predicted molar refractivity (Wildman–Crippen MR) is 143 cm³/mol. The average molecular weight is 534 g/mol. The van der Waals surface area contributed by atoms with Gasteiger partial charge in [-0.25, -0.2) is 14.2 Å². The van der Waals surface area contributed by atoms with E-state index in [9.17, 15) is 14.0 Å². The van der Waals surface area contributed by atoms with Gasteiger partial charge in [0.25, 0.3) is 5.91 Å². The fourth-order valence-corrected chi connectivity index (χ4v) is 4.80. The quantitative estimate of drug-likeness (QED) is 0.458. The first-order chi connectivity index (χ1) is 19.0. The van der Waals surface area contributed by atoms with Gasteiger partial charge >= 0.3 is 6.09 Å². The monoisotopic (exact) mass is 533 g/mol. The molecule has 3 aromatic rings. The Hall–Kier alpha value is -3.98. The maximum absolute atomic E-state index is 13.6. The second-order valence-electron chi connectivity index (χ2n) is 9.89. The Morgan fingerprint density at radius 3 is 2.64 bits per heavy atom. The van der Waals surface area contributed by atoms with Crippen LogP contribution in [-0.2, 0) is 22.5 Å². The molecule has 5 rings (SSSR count). The Kier molecular flexibility index (Phi) is 8.36. The molecule has 1 aromatic heterocycles. The highest BCUT2D eigenvalue weighted by atomic mass is 19.1. The maximum Gasteiger partial charge on any atom is 0.415 e. The first-order valence-corrected chi connectivity index (χ1v) is 13.3. The molecule has 2 aliphatic rings. The van der Waals surface area contributed by atoms with Crippen LogP contribution in [0.1, 0.15) is 53.4 Å². The standard InChI is InChI=1S/C30H32FN3O5/c1-20-18-38-29-26(34(20)30(36)39-19-22-7-3-2-4-8-22)16-23(15-21-10-12-24(31)13-11-21)27(33-29)28(35)32-17-25-9-5-6-14-37-25/h2-4,7-8,10-13,16,20,25H,5-6,9,14-15,17-19H2,1H3,(H,32,35)/t20-,25?/m0/s1. The van der Waals surface area contributed by atoms with Gasteiger partial charge in [-0.1, -0.05) is 42.5 Å². The number of anilines is 1. The van der Waals surface area contributed by atoms with Crippen molar-refractivity contribution in [3.05, 3.63) is 88.9 Å². The molecule has 8 nitrogen and oxygen atoms in total. The summed E-state index contributed by atoms with van der Waals surface area (Å²) in [5.74, 6) is -0.515. The summed E-state index contributed by atoms with van der Waals surface area (Å²) >= 11 is 0. The van der Waals surface area contributed by atoms with Crippen molar-refractivity contribution < 1.29 is 28.2 Å². The number of aromatic nitrogens is 1. The maximum atomic E-state index is 13.6. The number of carbonyl (C=O) groups excluding carboxylic acids is 2. The number of benzene rings is 2. The molecule has 39 heavy (non-hydrogen) atoms. The first kappa shape index (κ1) is 26.6. The molecule has 0 aliphatic carbocycles. The molecular formula is C30H32FN3O5. The van der Waals surface area contributed by atoms with E-state index in [1.807, 2.05) is 37.3 Å². The van der Waals surface area contributed by atoms with Crippen molar-refractivity contribution in [3.63, 3.8) is 0 Å². The molecule has 2 aromatic carbocycles. The minimum Gasteiger partial charge on any atom is -0.474 e. The lowest BCUT2D eigenvalue weighted by atomic mass is 10.0. The molecule has 1 N–H and O–H groups in total. The highest BCUT2D eigenvalue weighted by Gasteiger charge is 2.34. The molecule has 1 saturated heterocycles. The fourth-order valence-electron chi connectivity index (χ4n) is 4.80. The molecule has 0 radical (unpaired) electrons. The Balaban J connectivity index is 1.43. The molecule has 2 aliphatic heterocycles. The van der Waals surface area contributed by atoms with Crippen LogP contribution in [0.4, 0.5) is 14.9 Å². The Labute approximate surface area is 227 Å². The molecule has 0 spiro atoms. The third-order valence-corrected chi connectivity index (χ3v) is 6.90. The predicted octanol–water partition coefficient (Wildman–Crippen LogP) is 5.03. The molecule has 2 amide bonds. The number of fused-ring (bicyclic) bond motifs is 1. The SMILES string of the molecule is C[C@H]1COc2nc(C(=O)NCC3CCCCO3)c(Cc3ccc(F)cc3)cc2N1C(=O)OCc1ccccc1. The molecule has 2 atom stereocenters. The van der Waals surface area contributed by atoms with Crippen LogP contribution in [0.5, 0.6) is 5.88 Å². The minimum absolute atomic E-state index is 0.0344. The zero-order valence-electron chi connectivity index (χ0n) is 21.9. The number of hydrogen-bond donors (Lipinski definition) is 1. The van der Waals surface area contributed by atoms with E-state index in [0.29, 0.717) is 30.8 Å². The molecule has 9 heteroatoms. The zero-order valence-corrected chi connectivity index (χ0v) is 21.9. The van der Waals surface area contributed by atoms with Gasteiger partial charge in [0, 0.05) is 13.2 Å². The van der Waals surface area contributed by atoms with Gasteiger partial charge in [-0.15, -0.1) is 0 Å². The van der Waals surface area contributed by atoms with Crippen LogP contribution in [0, 0.1) is 5.82 Å². The number of carbonyl (C=O) groups is 2. The van der Waals surface area contributed by atoms with Gasteiger partial charge < -0.3 is 19.5 Å². The average Bonchev–Trinajstić information content (AvgIpc) is 2.96. The zero-order chi connectivity index (χ0) is 27.2. The minimum atomic E-state index is -0.530. The van der Waals surface area contributed by atoms with Crippen molar-refractivity contribution in [2.75, 3.05) is 24.7 Å². The highest BCUT2D eigenvalue weighted by molar-refractivity contribution is 5.96. The summed E-state index contributed by atoms with van der Waals surface area (Å²) < 4.78 is 30.8. The van der Waals surface area contributed by atoms with E-state index in [2.05, 4.69) is 10.3 Å². The van der Waals surface area contributed by atoms with Crippen LogP contribution in [-0.4, -0.2) is 48.9 Å². The smallest absolute Gasteiger partial charge is 0.415 e. The molecule has 0 saturated carbocycles. The summed E-state index contributed by atoms with van der Waals surface area (Å²) in [4.78, 5) is 32.7. The summed E-state index contributed by atoms with van der Waals surface area (Å²) in [6.45, 7) is 3.25. The number of hydrogen-bond acceptors (Lipinski definition) is 6. The Morgan fingerprint density at radius 1 is 1.10 bits per heavy atom. The Morgan fingerprint density at radius 2 is 1.90 bits per heavy atom. The number of rotatable bonds is 7. The van der Waals surface area contributed by atoms with Crippen molar-refractivity contribution in [3.8, 4) is 5.88 Å². The van der Waals surface area contributed by atoms with E-state index in [1.165, 1.54) is 17.0 Å². The summed E-state index contributed by atoms with van der Waals surface area (Å²) in [6.07, 6.45) is 2.73. The van der Waals surface area contributed by atoms with E-state index < -0.39 is 6.09 Å². The van der Waals surface area contributed by atoms with Gasteiger partial charge in [0.05, 0.1) is 12.1 Å². The van der Waals surface area contributed by atoms with Crippen LogP contribution in [0.15, 0.2) is 60.7 Å². The summed E-state index contributed by atoms with van der Waals surface area (Å²) in [6, 6.07) is 16.9. The van der Waals surface area contributed by atoms with E-state index in [1.54, 1.807) is 18.2 Å². The van der Waals surface area contributed by atoms with Crippen LogP contribution < -0.4 is 15.0 Å². The number of nitrogens with one attached hydrogen (secondary N) is 1. The van der Waals surface area contributed by atoms with Gasteiger partial charge in [0.2, 0.25) is 5.88 Å². The number of pyridine rings is 1. The van der Waals surface area contributed by atoms with E-state index in [0.717, 1.165) is 30.4 Å². The fraction of sp³-hybridized carbons (Fsp3) is 0.367. The lowest BCUT2D eigenvalue weighted by Gasteiger charge is -2.34. The molecule has 1 fully saturated rings. The van der Waals surface area contributed by atoms with E-state index in [4.69, 9.17) is 14.2 Å². The van der Waals surface area contributed by atoms with Gasteiger partial charge in [-0.3, -0.25) is 9.69 Å². The third kappa shape index (κ3) is 6.54. The number of nitrogens with zero attached hydrogens (tertiary/aromatic N) is 2. The first-order valence-electron chi connectivity index (χ1n) is 13.3. The Bertz CT molecular complexity index is 1300. The summed E-state index contributed by atoms with van der Waals surface area (Å²) in [5, 5.41) is 2.94. The molecular weight excluding hydrogens is 501 g/mol. The lowest BCUT2D eigenvalue weighted by molar-refractivity contribution is 0.0168. The van der Waals surface area contributed by atoms with Gasteiger partial charge in [-0.05, 0) is 67.5 Å². The molecule has 3 heterocycles. The van der Waals surface area contributed by atoms with Crippen molar-refractivity contribution in [1.29, 1.82) is 0 Å². The highest BCUT2D eigenvalue weighted by Crippen LogP contribution is 2.35. The van der Waals surface area contributed by atoms with Gasteiger partial charge in [0.1, 0.15) is 30.4 Å². The van der Waals surface area contributed by atoms with Crippen LogP contribution >= 0.6 is 0 Å². The van der Waals surface area contributed by atoms with Crippen molar-refractivity contribution >= 4 is 17.7 Å². The van der Waals surface area contributed by atoms with Crippen molar-refractivity contribution in [2.45, 2.75) is 51.4 Å². The van der Waals surface area contributed by atoms with Crippen molar-refractivity contribution in [2.24, 2.45) is 0 Å². The summed E-state index contributed by atoms with van der Waals surface area (Å²) in [7, 11) is 0. The molecule has 204 valence electrons. The number of halogens is 1. The van der Waals surface area contributed by atoms with Crippen LogP contribution in [0.3, 0.4) is 0 Å².